The van der Waals surface area contributed by atoms with Crippen LogP contribution in [0, 0.1) is 0 Å². The first-order valence-electron chi connectivity index (χ1n) is 10.5. The molecule has 1 amide bonds. The molecule has 1 N–H and O–H groups in total. The largest absolute Gasteiger partial charge is 0.480 e. The Morgan fingerprint density at radius 2 is 1.86 bits per heavy atom. The van der Waals surface area contributed by atoms with Crippen LogP contribution in [0.2, 0.25) is 0 Å². The van der Waals surface area contributed by atoms with Crippen LogP contribution in [0.3, 0.4) is 0 Å². The summed E-state index contributed by atoms with van der Waals surface area (Å²) in [4.78, 5) is 15.1. The molecule has 1 aliphatic rings. The molecule has 0 aromatic heterocycles. The molecule has 0 saturated carbocycles. The van der Waals surface area contributed by atoms with Crippen LogP contribution in [0.15, 0.2) is 66.7 Å². The summed E-state index contributed by atoms with van der Waals surface area (Å²) in [5.74, 6) is 0.723. The van der Waals surface area contributed by atoms with Gasteiger partial charge in [0.15, 0.2) is 6.10 Å². The van der Waals surface area contributed by atoms with Crippen molar-refractivity contribution in [1.29, 1.82) is 0 Å². The summed E-state index contributed by atoms with van der Waals surface area (Å²) in [5, 5.41) is 5.21. The second-order valence-corrected chi connectivity index (χ2v) is 7.50. The van der Waals surface area contributed by atoms with Gasteiger partial charge in [-0.15, -0.1) is 0 Å². The van der Waals surface area contributed by atoms with Gasteiger partial charge in [0.05, 0.1) is 0 Å². The maximum Gasteiger partial charge on any atom is 0.261 e. The molecular weight excluding hydrogens is 360 g/mol. The highest BCUT2D eigenvalue weighted by Crippen LogP contribution is 2.28. The first-order chi connectivity index (χ1) is 14.3. The number of rotatable bonds is 8. The van der Waals surface area contributed by atoms with Crippen LogP contribution in [0.1, 0.15) is 25.3 Å². The van der Waals surface area contributed by atoms with Gasteiger partial charge in [0, 0.05) is 30.7 Å². The van der Waals surface area contributed by atoms with Gasteiger partial charge in [-0.25, -0.2) is 0 Å². The monoisotopic (exact) mass is 388 g/mol. The standard InChI is InChI=1S/C25H28N2O2/c1-2-23(29-24-14-7-11-19-9-3-5-12-21(19)24)25(28)26-16-8-17-27-18-15-20-10-4-6-13-22(20)27/h3-7,9-14,23H,2,8,15-18H2,1H3,(H,26,28)/t23-/m0/s1. The van der Waals surface area contributed by atoms with E-state index < -0.39 is 6.10 Å². The van der Waals surface area contributed by atoms with Crippen molar-refractivity contribution >= 4 is 22.4 Å². The van der Waals surface area contributed by atoms with E-state index >= 15 is 0 Å². The summed E-state index contributed by atoms with van der Waals surface area (Å²) in [6.07, 6.45) is 2.19. The fraction of sp³-hybridized carbons (Fsp3) is 0.320. The topological polar surface area (TPSA) is 41.6 Å². The van der Waals surface area contributed by atoms with Gasteiger partial charge in [0.2, 0.25) is 0 Å². The molecule has 0 spiro atoms. The zero-order valence-electron chi connectivity index (χ0n) is 16.9. The molecular formula is C25H28N2O2. The number of carbonyl (C=O) groups is 1. The summed E-state index contributed by atoms with van der Waals surface area (Å²) in [6.45, 7) is 4.66. The van der Waals surface area contributed by atoms with Gasteiger partial charge in [-0.3, -0.25) is 4.79 Å². The molecule has 0 saturated heterocycles. The molecule has 0 aliphatic carbocycles. The lowest BCUT2D eigenvalue weighted by Gasteiger charge is -2.21. The molecule has 3 aromatic carbocycles. The summed E-state index contributed by atoms with van der Waals surface area (Å²) < 4.78 is 6.09. The number of nitrogens with zero attached hydrogens (tertiary/aromatic N) is 1. The number of fused-ring (bicyclic) bond motifs is 2. The second-order valence-electron chi connectivity index (χ2n) is 7.50. The molecule has 4 rings (SSSR count). The minimum atomic E-state index is -0.478. The lowest BCUT2D eigenvalue weighted by molar-refractivity contribution is -0.128. The summed E-state index contributed by atoms with van der Waals surface area (Å²) in [7, 11) is 0. The van der Waals surface area contributed by atoms with E-state index in [9.17, 15) is 4.79 Å². The number of nitrogens with one attached hydrogen (secondary N) is 1. The highest BCUT2D eigenvalue weighted by atomic mass is 16.5. The quantitative estimate of drug-likeness (QED) is 0.575. The molecule has 0 bridgehead atoms. The van der Waals surface area contributed by atoms with Crippen LogP contribution in [0.4, 0.5) is 5.69 Å². The number of amides is 1. The lowest BCUT2D eigenvalue weighted by atomic mass is 10.1. The fourth-order valence-electron chi connectivity index (χ4n) is 4.01. The second kappa shape index (κ2) is 8.99. The zero-order valence-corrected chi connectivity index (χ0v) is 16.9. The summed E-state index contributed by atoms with van der Waals surface area (Å²) >= 11 is 0. The minimum absolute atomic E-state index is 0.0396. The predicted octanol–water partition coefficient (Wildman–Crippen LogP) is 4.57. The summed E-state index contributed by atoms with van der Waals surface area (Å²) in [6, 6.07) is 22.6. The number of carbonyl (C=O) groups excluding carboxylic acids is 1. The van der Waals surface area contributed by atoms with E-state index in [0.29, 0.717) is 13.0 Å². The third kappa shape index (κ3) is 4.37. The third-order valence-electron chi connectivity index (χ3n) is 5.57. The Morgan fingerprint density at radius 1 is 1.07 bits per heavy atom. The van der Waals surface area contributed by atoms with Crippen molar-refractivity contribution in [2.45, 2.75) is 32.3 Å². The number of ether oxygens (including phenoxy) is 1. The summed E-state index contributed by atoms with van der Waals surface area (Å²) in [5.41, 5.74) is 2.76. The molecule has 150 valence electrons. The van der Waals surface area contributed by atoms with Gasteiger partial charge < -0.3 is 15.0 Å². The smallest absolute Gasteiger partial charge is 0.261 e. The fourth-order valence-corrected chi connectivity index (χ4v) is 4.01. The maximum atomic E-state index is 12.7. The van der Waals surface area contributed by atoms with Crippen LogP contribution in [-0.2, 0) is 11.2 Å². The van der Waals surface area contributed by atoms with Crippen molar-refractivity contribution < 1.29 is 9.53 Å². The Morgan fingerprint density at radius 3 is 2.76 bits per heavy atom. The van der Waals surface area contributed by atoms with Gasteiger partial charge in [0.25, 0.3) is 5.91 Å². The SMILES string of the molecule is CC[C@H](Oc1cccc2ccccc12)C(=O)NCCCN1CCc2ccccc21. The number of para-hydroxylation sites is 1. The van der Waals surface area contributed by atoms with Crippen molar-refractivity contribution in [2.75, 3.05) is 24.5 Å². The molecule has 4 nitrogen and oxygen atoms in total. The number of anilines is 1. The Labute approximate surface area is 172 Å². The van der Waals surface area contributed by atoms with Gasteiger partial charge in [-0.1, -0.05) is 61.5 Å². The van der Waals surface area contributed by atoms with Crippen molar-refractivity contribution in [3.8, 4) is 5.75 Å². The van der Waals surface area contributed by atoms with Crippen LogP contribution in [-0.4, -0.2) is 31.6 Å². The normalized spacial score (nSPS) is 13.9. The van der Waals surface area contributed by atoms with Gasteiger partial charge in [-0.05, 0) is 42.3 Å². The van der Waals surface area contributed by atoms with Gasteiger partial charge >= 0.3 is 0 Å². The van der Waals surface area contributed by atoms with E-state index in [-0.39, 0.29) is 5.91 Å². The van der Waals surface area contributed by atoms with Crippen molar-refractivity contribution in [1.82, 2.24) is 5.32 Å². The molecule has 0 unspecified atom stereocenters. The number of hydrogen-bond acceptors (Lipinski definition) is 3. The predicted molar refractivity (Wildman–Crippen MR) is 119 cm³/mol. The molecule has 0 radical (unpaired) electrons. The molecule has 0 fully saturated rings. The highest BCUT2D eigenvalue weighted by Gasteiger charge is 2.20. The Kier molecular flexibility index (Phi) is 5.99. The van der Waals surface area contributed by atoms with Crippen LogP contribution in [0.25, 0.3) is 10.8 Å². The minimum Gasteiger partial charge on any atom is -0.480 e. The molecule has 1 aliphatic heterocycles. The maximum absolute atomic E-state index is 12.7. The Hall–Kier alpha value is -3.01. The van der Waals surface area contributed by atoms with Gasteiger partial charge in [0.1, 0.15) is 5.75 Å². The average Bonchev–Trinajstić information content (AvgIpc) is 3.18. The van der Waals surface area contributed by atoms with Crippen LogP contribution < -0.4 is 15.0 Å². The van der Waals surface area contributed by atoms with Crippen LogP contribution in [0.5, 0.6) is 5.75 Å². The van der Waals surface area contributed by atoms with E-state index in [1.165, 1.54) is 11.3 Å². The Balaban J connectivity index is 1.29. The average molecular weight is 389 g/mol. The van der Waals surface area contributed by atoms with E-state index in [4.69, 9.17) is 4.74 Å². The zero-order chi connectivity index (χ0) is 20.1. The first kappa shape index (κ1) is 19.3. The molecule has 3 aromatic rings. The van der Waals surface area contributed by atoms with Gasteiger partial charge in [-0.2, -0.15) is 0 Å². The third-order valence-corrected chi connectivity index (χ3v) is 5.57. The lowest BCUT2D eigenvalue weighted by Crippen LogP contribution is -2.39. The van der Waals surface area contributed by atoms with Crippen molar-refractivity contribution in [2.24, 2.45) is 0 Å². The van der Waals surface area contributed by atoms with E-state index in [2.05, 4.69) is 46.6 Å². The van der Waals surface area contributed by atoms with E-state index in [0.717, 1.165) is 42.5 Å². The molecule has 1 atom stereocenters. The highest BCUT2D eigenvalue weighted by molar-refractivity contribution is 5.89. The molecule has 1 heterocycles. The first-order valence-corrected chi connectivity index (χ1v) is 10.5. The number of hydrogen-bond donors (Lipinski definition) is 1. The van der Waals surface area contributed by atoms with Crippen LogP contribution >= 0.6 is 0 Å². The van der Waals surface area contributed by atoms with Crippen molar-refractivity contribution in [3.05, 3.63) is 72.3 Å². The van der Waals surface area contributed by atoms with E-state index in [1.54, 1.807) is 0 Å². The van der Waals surface area contributed by atoms with Crippen molar-refractivity contribution in [3.63, 3.8) is 0 Å². The van der Waals surface area contributed by atoms with E-state index in [1.807, 2.05) is 37.3 Å². The molecule has 4 heteroatoms. The molecule has 29 heavy (non-hydrogen) atoms. The Bertz CT molecular complexity index is 980. The number of benzene rings is 3.